The standard InChI is InChI=1S/C8H13NO3/c9-6-4-2-1-3-5-7-12-8(10)11/h1-5,7H2,(H,10,11). The second kappa shape index (κ2) is 7.86. The lowest BCUT2D eigenvalue weighted by Gasteiger charge is -1.98. The van der Waals surface area contributed by atoms with Crippen LogP contribution in [0.2, 0.25) is 0 Å². The highest BCUT2D eigenvalue weighted by atomic mass is 16.7. The van der Waals surface area contributed by atoms with Crippen LogP contribution in [0.4, 0.5) is 4.79 Å². The number of nitriles is 1. The van der Waals surface area contributed by atoms with E-state index in [0.29, 0.717) is 6.42 Å². The Balaban J connectivity index is 2.92. The highest BCUT2D eigenvalue weighted by Crippen LogP contribution is 2.02. The summed E-state index contributed by atoms with van der Waals surface area (Å²) in [5.74, 6) is 0. The Morgan fingerprint density at radius 1 is 1.33 bits per heavy atom. The molecule has 1 N–H and O–H groups in total. The molecule has 0 spiro atoms. The monoisotopic (exact) mass is 171 g/mol. The average molecular weight is 171 g/mol. The third kappa shape index (κ3) is 8.76. The van der Waals surface area contributed by atoms with Crippen LogP contribution in [-0.4, -0.2) is 17.9 Å². The van der Waals surface area contributed by atoms with Gasteiger partial charge in [0.25, 0.3) is 0 Å². The van der Waals surface area contributed by atoms with Gasteiger partial charge in [-0.05, 0) is 12.8 Å². The molecule has 0 aromatic heterocycles. The first kappa shape index (κ1) is 10.8. The first-order valence-corrected chi connectivity index (χ1v) is 4.00. The van der Waals surface area contributed by atoms with E-state index in [9.17, 15) is 4.79 Å². The second-order valence-corrected chi connectivity index (χ2v) is 2.44. The molecular formula is C8H13NO3. The Bertz CT molecular complexity index is 162. The van der Waals surface area contributed by atoms with Gasteiger partial charge in [0.1, 0.15) is 0 Å². The van der Waals surface area contributed by atoms with Crippen LogP contribution in [0, 0.1) is 11.3 Å². The number of hydrogen-bond donors (Lipinski definition) is 1. The number of hydrogen-bond acceptors (Lipinski definition) is 3. The molecule has 0 aromatic carbocycles. The van der Waals surface area contributed by atoms with Gasteiger partial charge in [-0.2, -0.15) is 5.26 Å². The Labute approximate surface area is 71.8 Å². The fraction of sp³-hybridized carbons (Fsp3) is 0.750. The number of carbonyl (C=O) groups is 1. The van der Waals surface area contributed by atoms with Crippen LogP contribution >= 0.6 is 0 Å². The van der Waals surface area contributed by atoms with E-state index in [0.717, 1.165) is 25.7 Å². The summed E-state index contributed by atoms with van der Waals surface area (Å²) >= 11 is 0. The number of ether oxygens (including phenoxy) is 1. The van der Waals surface area contributed by atoms with Crippen LogP contribution in [-0.2, 0) is 4.74 Å². The van der Waals surface area contributed by atoms with Gasteiger partial charge in [0, 0.05) is 6.42 Å². The molecule has 0 radical (unpaired) electrons. The van der Waals surface area contributed by atoms with Gasteiger partial charge >= 0.3 is 6.16 Å². The van der Waals surface area contributed by atoms with Crippen molar-refractivity contribution in [2.45, 2.75) is 32.1 Å². The minimum Gasteiger partial charge on any atom is -0.450 e. The van der Waals surface area contributed by atoms with Crippen LogP contribution in [0.3, 0.4) is 0 Å². The lowest BCUT2D eigenvalue weighted by molar-refractivity contribution is 0.0900. The van der Waals surface area contributed by atoms with Crippen molar-refractivity contribution < 1.29 is 14.6 Å². The van der Waals surface area contributed by atoms with Crippen LogP contribution in [0.15, 0.2) is 0 Å². The maximum Gasteiger partial charge on any atom is 0.505 e. The summed E-state index contributed by atoms with van der Waals surface area (Å²) in [6, 6.07) is 2.05. The lowest BCUT2D eigenvalue weighted by atomic mass is 10.2. The van der Waals surface area contributed by atoms with Gasteiger partial charge in [-0.25, -0.2) is 4.79 Å². The van der Waals surface area contributed by atoms with Crippen molar-refractivity contribution in [3.05, 3.63) is 0 Å². The Kier molecular flexibility index (Phi) is 7.05. The van der Waals surface area contributed by atoms with E-state index in [4.69, 9.17) is 10.4 Å². The van der Waals surface area contributed by atoms with Crippen molar-refractivity contribution in [2.24, 2.45) is 0 Å². The molecule has 0 fully saturated rings. The topological polar surface area (TPSA) is 70.3 Å². The van der Waals surface area contributed by atoms with E-state index in [1.165, 1.54) is 0 Å². The number of rotatable bonds is 6. The smallest absolute Gasteiger partial charge is 0.450 e. The zero-order valence-electron chi connectivity index (χ0n) is 6.95. The highest BCUT2D eigenvalue weighted by molar-refractivity contribution is 5.56. The molecule has 0 saturated heterocycles. The van der Waals surface area contributed by atoms with E-state index in [1.807, 2.05) is 0 Å². The van der Waals surface area contributed by atoms with E-state index in [1.54, 1.807) is 0 Å². The van der Waals surface area contributed by atoms with Gasteiger partial charge in [-0.3, -0.25) is 0 Å². The van der Waals surface area contributed by atoms with E-state index in [-0.39, 0.29) is 6.61 Å². The Morgan fingerprint density at radius 2 is 2.00 bits per heavy atom. The van der Waals surface area contributed by atoms with E-state index in [2.05, 4.69) is 10.8 Å². The van der Waals surface area contributed by atoms with Crippen LogP contribution in [0.1, 0.15) is 32.1 Å². The summed E-state index contributed by atoms with van der Waals surface area (Å²) in [6.07, 6.45) is 2.90. The first-order chi connectivity index (χ1) is 5.77. The predicted octanol–water partition coefficient (Wildman–Crippen LogP) is 2.16. The van der Waals surface area contributed by atoms with Crippen LogP contribution in [0.25, 0.3) is 0 Å². The molecule has 0 aromatic rings. The van der Waals surface area contributed by atoms with Crippen molar-refractivity contribution >= 4 is 6.16 Å². The Hall–Kier alpha value is -1.24. The fourth-order valence-corrected chi connectivity index (χ4v) is 0.819. The molecule has 0 aliphatic rings. The largest absolute Gasteiger partial charge is 0.505 e. The van der Waals surface area contributed by atoms with Gasteiger partial charge in [0.15, 0.2) is 0 Å². The maximum absolute atomic E-state index is 9.87. The molecular weight excluding hydrogens is 158 g/mol. The Morgan fingerprint density at radius 3 is 2.58 bits per heavy atom. The third-order valence-corrected chi connectivity index (χ3v) is 1.41. The van der Waals surface area contributed by atoms with Crippen molar-refractivity contribution in [3.8, 4) is 6.07 Å². The summed E-state index contributed by atoms with van der Waals surface area (Å²) in [6.45, 7) is 0.266. The van der Waals surface area contributed by atoms with Crippen LogP contribution in [0.5, 0.6) is 0 Å². The first-order valence-electron chi connectivity index (χ1n) is 4.00. The maximum atomic E-state index is 9.87. The predicted molar refractivity (Wildman–Crippen MR) is 42.7 cm³/mol. The SMILES string of the molecule is N#CCCCCCCOC(=O)O. The normalized spacial score (nSPS) is 8.92. The summed E-state index contributed by atoms with van der Waals surface area (Å²) in [7, 11) is 0. The molecule has 0 bridgehead atoms. The molecule has 0 heterocycles. The van der Waals surface area contributed by atoms with Crippen molar-refractivity contribution in [1.29, 1.82) is 5.26 Å². The molecule has 0 amide bonds. The number of nitrogens with zero attached hydrogens (tertiary/aromatic N) is 1. The molecule has 0 rings (SSSR count). The summed E-state index contributed by atoms with van der Waals surface area (Å²) in [4.78, 5) is 9.87. The number of carboxylic acid groups (broad SMARTS) is 1. The molecule has 0 aliphatic carbocycles. The third-order valence-electron chi connectivity index (χ3n) is 1.41. The van der Waals surface area contributed by atoms with Crippen molar-refractivity contribution in [3.63, 3.8) is 0 Å². The second-order valence-electron chi connectivity index (χ2n) is 2.44. The molecule has 4 nitrogen and oxygen atoms in total. The summed E-state index contributed by atoms with van der Waals surface area (Å²) < 4.78 is 4.30. The van der Waals surface area contributed by atoms with Crippen LogP contribution < -0.4 is 0 Å². The summed E-state index contributed by atoms with van der Waals surface area (Å²) in [5, 5.41) is 16.3. The minimum absolute atomic E-state index is 0.266. The van der Waals surface area contributed by atoms with Gasteiger partial charge in [-0.1, -0.05) is 12.8 Å². The zero-order valence-corrected chi connectivity index (χ0v) is 6.95. The van der Waals surface area contributed by atoms with E-state index >= 15 is 0 Å². The quantitative estimate of drug-likeness (QED) is 0.491. The van der Waals surface area contributed by atoms with Crippen molar-refractivity contribution in [1.82, 2.24) is 0 Å². The molecule has 12 heavy (non-hydrogen) atoms. The fourth-order valence-electron chi connectivity index (χ4n) is 0.819. The molecule has 68 valence electrons. The average Bonchev–Trinajstić information content (AvgIpc) is 2.02. The lowest BCUT2D eigenvalue weighted by Crippen LogP contribution is -2.01. The molecule has 4 heteroatoms. The highest BCUT2D eigenvalue weighted by Gasteiger charge is 1.95. The number of unbranched alkanes of at least 4 members (excludes halogenated alkanes) is 4. The molecule has 0 atom stereocenters. The van der Waals surface area contributed by atoms with Gasteiger partial charge in [0.2, 0.25) is 0 Å². The van der Waals surface area contributed by atoms with Gasteiger partial charge in [-0.15, -0.1) is 0 Å². The molecule has 0 aliphatic heterocycles. The zero-order chi connectivity index (χ0) is 9.23. The molecule has 0 saturated carbocycles. The minimum atomic E-state index is -1.22. The van der Waals surface area contributed by atoms with Crippen molar-refractivity contribution in [2.75, 3.05) is 6.61 Å². The summed E-state index contributed by atoms with van der Waals surface area (Å²) in [5.41, 5.74) is 0. The molecule has 0 unspecified atom stereocenters. The van der Waals surface area contributed by atoms with Gasteiger partial charge in [0.05, 0.1) is 12.7 Å². The van der Waals surface area contributed by atoms with Gasteiger partial charge < -0.3 is 9.84 Å². The van der Waals surface area contributed by atoms with E-state index < -0.39 is 6.16 Å².